The molecule has 1 unspecified atom stereocenters. The quantitative estimate of drug-likeness (QED) is 0.606. The van der Waals surface area contributed by atoms with Crippen LogP contribution in [0.4, 0.5) is 0 Å². The summed E-state index contributed by atoms with van der Waals surface area (Å²) in [6.07, 6.45) is 12.0. The van der Waals surface area contributed by atoms with E-state index in [9.17, 15) is 0 Å². The molecule has 122 valence electrons. The zero-order valence-corrected chi connectivity index (χ0v) is 14.3. The molecular formula is C17H33N3O. The highest BCUT2D eigenvalue weighted by molar-refractivity contribution is 5.28. The molecule has 0 saturated carbocycles. The molecule has 1 rings (SSSR count). The first-order valence-corrected chi connectivity index (χ1v) is 8.48. The van der Waals surface area contributed by atoms with Crippen molar-refractivity contribution in [1.82, 2.24) is 9.78 Å². The van der Waals surface area contributed by atoms with Crippen molar-refractivity contribution in [3.63, 3.8) is 0 Å². The molecule has 21 heavy (non-hydrogen) atoms. The topological polar surface area (TPSA) is 53.1 Å². The largest absolute Gasteiger partial charge is 0.493 e. The van der Waals surface area contributed by atoms with Gasteiger partial charge in [-0.15, -0.1) is 0 Å². The average Bonchev–Trinajstić information content (AvgIpc) is 2.90. The predicted molar refractivity (Wildman–Crippen MR) is 88.7 cm³/mol. The molecule has 2 N–H and O–H groups in total. The van der Waals surface area contributed by atoms with Gasteiger partial charge < -0.3 is 10.5 Å². The van der Waals surface area contributed by atoms with Gasteiger partial charge in [-0.25, -0.2) is 0 Å². The van der Waals surface area contributed by atoms with Crippen LogP contribution in [-0.4, -0.2) is 16.9 Å². The summed E-state index contributed by atoms with van der Waals surface area (Å²) in [5.74, 6) is 0.819. The van der Waals surface area contributed by atoms with Crippen molar-refractivity contribution in [3.05, 3.63) is 11.9 Å². The van der Waals surface area contributed by atoms with Crippen molar-refractivity contribution in [2.45, 2.75) is 84.2 Å². The monoisotopic (exact) mass is 295 g/mol. The Kier molecular flexibility index (Phi) is 8.43. The summed E-state index contributed by atoms with van der Waals surface area (Å²) < 4.78 is 7.40. The maximum Gasteiger partial charge on any atom is 0.161 e. The molecular weight excluding hydrogens is 262 g/mol. The third kappa shape index (κ3) is 5.70. The Labute approximate surface area is 130 Å². The van der Waals surface area contributed by atoms with Gasteiger partial charge in [-0.3, -0.25) is 4.68 Å². The summed E-state index contributed by atoms with van der Waals surface area (Å²) >= 11 is 0. The van der Waals surface area contributed by atoms with Crippen LogP contribution in [0.5, 0.6) is 5.75 Å². The Morgan fingerprint density at radius 3 is 2.33 bits per heavy atom. The summed E-state index contributed by atoms with van der Waals surface area (Å²) in [7, 11) is 1.69. The van der Waals surface area contributed by atoms with Gasteiger partial charge in [-0.05, 0) is 20.3 Å². The van der Waals surface area contributed by atoms with E-state index in [1.165, 1.54) is 44.9 Å². The lowest BCUT2D eigenvalue weighted by Crippen LogP contribution is -2.18. The number of rotatable bonds is 11. The lowest BCUT2D eigenvalue weighted by molar-refractivity contribution is 0.391. The maximum atomic E-state index is 6.38. The van der Waals surface area contributed by atoms with Crippen LogP contribution in [0.1, 0.15) is 89.9 Å². The Hall–Kier alpha value is -1.03. The van der Waals surface area contributed by atoms with Gasteiger partial charge in [-0.2, -0.15) is 5.10 Å². The molecule has 0 aliphatic carbocycles. The van der Waals surface area contributed by atoms with Gasteiger partial charge in [0.1, 0.15) is 0 Å². The lowest BCUT2D eigenvalue weighted by Gasteiger charge is -2.18. The predicted octanol–water partition coefficient (Wildman–Crippen LogP) is 4.61. The summed E-state index contributed by atoms with van der Waals surface area (Å²) in [6.45, 7) is 6.50. The van der Waals surface area contributed by atoms with Gasteiger partial charge in [0.05, 0.1) is 25.0 Å². The SMILES string of the molecule is CCCCCCCCCC(N)c1c(OC)cnn1C(C)C. The normalized spacial score (nSPS) is 12.9. The van der Waals surface area contributed by atoms with Crippen LogP contribution >= 0.6 is 0 Å². The number of unbranched alkanes of at least 4 members (excludes halogenated alkanes) is 6. The minimum atomic E-state index is 0.0143. The molecule has 4 heteroatoms. The van der Waals surface area contributed by atoms with E-state index in [1.54, 1.807) is 13.3 Å². The summed E-state index contributed by atoms with van der Waals surface area (Å²) in [5, 5.41) is 4.40. The minimum absolute atomic E-state index is 0.0143. The molecule has 0 aliphatic heterocycles. The molecule has 0 amide bonds. The smallest absolute Gasteiger partial charge is 0.161 e. The van der Waals surface area contributed by atoms with Crippen LogP contribution in [0, 0.1) is 0 Å². The van der Waals surface area contributed by atoms with Crippen molar-refractivity contribution >= 4 is 0 Å². The molecule has 0 aromatic carbocycles. The molecule has 4 nitrogen and oxygen atoms in total. The van der Waals surface area contributed by atoms with Gasteiger partial charge in [0.15, 0.2) is 5.75 Å². The lowest BCUT2D eigenvalue weighted by atomic mass is 10.0. The van der Waals surface area contributed by atoms with Gasteiger partial charge in [0.2, 0.25) is 0 Å². The minimum Gasteiger partial charge on any atom is -0.493 e. The second-order valence-corrected chi connectivity index (χ2v) is 6.15. The van der Waals surface area contributed by atoms with Crippen molar-refractivity contribution in [1.29, 1.82) is 0 Å². The van der Waals surface area contributed by atoms with Gasteiger partial charge in [0.25, 0.3) is 0 Å². The first-order chi connectivity index (χ1) is 10.1. The van der Waals surface area contributed by atoms with E-state index < -0.39 is 0 Å². The average molecular weight is 295 g/mol. The Balaban J connectivity index is 2.41. The number of nitrogens with two attached hydrogens (primary N) is 1. The molecule has 0 saturated heterocycles. The van der Waals surface area contributed by atoms with E-state index in [0.29, 0.717) is 6.04 Å². The zero-order chi connectivity index (χ0) is 15.7. The molecule has 0 radical (unpaired) electrons. The fourth-order valence-corrected chi connectivity index (χ4v) is 2.74. The highest BCUT2D eigenvalue weighted by Crippen LogP contribution is 2.29. The standard InChI is InChI=1S/C17H33N3O/c1-5-6-7-8-9-10-11-12-15(18)17-16(21-4)13-19-20(17)14(2)3/h13-15H,5-12,18H2,1-4H3. The van der Waals surface area contributed by atoms with Crippen LogP contribution in [0.3, 0.4) is 0 Å². The van der Waals surface area contributed by atoms with Gasteiger partial charge >= 0.3 is 0 Å². The highest BCUT2D eigenvalue weighted by Gasteiger charge is 2.19. The van der Waals surface area contributed by atoms with E-state index in [1.807, 2.05) is 4.68 Å². The molecule has 1 aromatic heterocycles. The van der Waals surface area contributed by atoms with E-state index in [4.69, 9.17) is 10.5 Å². The van der Waals surface area contributed by atoms with E-state index in [-0.39, 0.29) is 6.04 Å². The summed E-state index contributed by atoms with van der Waals surface area (Å²) in [4.78, 5) is 0. The molecule has 0 aliphatic rings. The fraction of sp³-hybridized carbons (Fsp3) is 0.824. The molecule has 1 aromatic rings. The first kappa shape index (κ1) is 18.0. The third-order valence-electron chi connectivity index (χ3n) is 3.98. The fourth-order valence-electron chi connectivity index (χ4n) is 2.74. The van der Waals surface area contributed by atoms with Crippen LogP contribution in [0.25, 0.3) is 0 Å². The van der Waals surface area contributed by atoms with Gasteiger partial charge in [0, 0.05) is 6.04 Å². The van der Waals surface area contributed by atoms with Crippen molar-refractivity contribution in [2.24, 2.45) is 5.73 Å². The summed E-state index contributed by atoms with van der Waals surface area (Å²) in [6, 6.07) is 0.324. The Bertz CT molecular complexity index is 387. The molecule has 0 fully saturated rings. The Morgan fingerprint density at radius 2 is 1.76 bits per heavy atom. The number of aromatic nitrogens is 2. The van der Waals surface area contributed by atoms with E-state index in [2.05, 4.69) is 25.9 Å². The van der Waals surface area contributed by atoms with Gasteiger partial charge in [-0.1, -0.05) is 51.9 Å². The second-order valence-electron chi connectivity index (χ2n) is 6.15. The number of methoxy groups -OCH3 is 1. The van der Waals surface area contributed by atoms with E-state index >= 15 is 0 Å². The molecule has 1 atom stereocenters. The first-order valence-electron chi connectivity index (χ1n) is 8.48. The van der Waals surface area contributed by atoms with Crippen molar-refractivity contribution in [3.8, 4) is 5.75 Å². The Morgan fingerprint density at radius 1 is 1.14 bits per heavy atom. The number of nitrogens with zero attached hydrogens (tertiary/aromatic N) is 2. The second kappa shape index (κ2) is 9.82. The number of hydrogen-bond donors (Lipinski definition) is 1. The maximum absolute atomic E-state index is 6.38. The highest BCUT2D eigenvalue weighted by atomic mass is 16.5. The molecule has 1 heterocycles. The van der Waals surface area contributed by atoms with Crippen LogP contribution in [0.2, 0.25) is 0 Å². The molecule has 0 bridgehead atoms. The van der Waals surface area contributed by atoms with Crippen LogP contribution in [-0.2, 0) is 0 Å². The number of ether oxygens (including phenoxy) is 1. The van der Waals surface area contributed by atoms with E-state index in [0.717, 1.165) is 17.9 Å². The van der Waals surface area contributed by atoms with Crippen molar-refractivity contribution in [2.75, 3.05) is 7.11 Å². The van der Waals surface area contributed by atoms with Crippen molar-refractivity contribution < 1.29 is 4.74 Å². The van der Waals surface area contributed by atoms with Crippen LogP contribution < -0.4 is 10.5 Å². The number of hydrogen-bond acceptors (Lipinski definition) is 3. The molecule has 0 spiro atoms. The third-order valence-corrected chi connectivity index (χ3v) is 3.98. The summed E-state index contributed by atoms with van der Waals surface area (Å²) in [5.41, 5.74) is 7.42. The zero-order valence-electron chi connectivity index (χ0n) is 14.3. The van der Waals surface area contributed by atoms with Crippen LogP contribution in [0.15, 0.2) is 6.20 Å².